The summed E-state index contributed by atoms with van der Waals surface area (Å²) in [5, 5.41) is 16.0. The number of nitrogens with zero attached hydrogens (tertiary/aromatic N) is 3. The molecular formula is C20H19N5O. The van der Waals surface area contributed by atoms with Gasteiger partial charge in [0.05, 0.1) is 18.3 Å². The van der Waals surface area contributed by atoms with E-state index in [-0.39, 0.29) is 5.75 Å². The average Bonchev–Trinajstić information content (AvgIpc) is 3.00. The van der Waals surface area contributed by atoms with Crippen LogP contribution in [0.2, 0.25) is 0 Å². The smallest absolute Gasteiger partial charge is 0.203 e. The molecule has 2 heterocycles. The number of anilines is 3. The van der Waals surface area contributed by atoms with Gasteiger partial charge in [-0.25, -0.2) is 9.97 Å². The first-order valence-electron chi connectivity index (χ1n) is 8.37. The fourth-order valence-corrected chi connectivity index (χ4v) is 2.95. The molecular weight excluding hydrogens is 326 g/mol. The number of fused-ring (bicyclic) bond motifs is 1. The number of aromatic nitrogens is 3. The molecule has 0 bridgehead atoms. The first kappa shape index (κ1) is 16.0. The Morgan fingerprint density at radius 2 is 1.88 bits per heavy atom. The molecule has 0 radical (unpaired) electrons. The van der Waals surface area contributed by atoms with Crippen molar-refractivity contribution in [3.8, 4) is 5.75 Å². The van der Waals surface area contributed by atoms with Crippen molar-refractivity contribution in [1.82, 2.24) is 14.5 Å². The monoisotopic (exact) mass is 345 g/mol. The predicted octanol–water partition coefficient (Wildman–Crippen LogP) is 3.97. The molecule has 0 aliphatic heterocycles. The van der Waals surface area contributed by atoms with Crippen LogP contribution in [0.5, 0.6) is 5.75 Å². The first-order chi connectivity index (χ1) is 12.7. The van der Waals surface area contributed by atoms with Crippen molar-refractivity contribution in [1.29, 1.82) is 0 Å². The molecule has 0 aliphatic carbocycles. The highest BCUT2D eigenvalue weighted by molar-refractivity contribution is 5.81. The molecule has 4 rings (SSSR count). The molecule has 0 saturated heterocycles. The van der Waals surface area contributed by atoms with Crippen molar-refractivity contribution < 1.29 is 5.11 Å². The summed E-state index contributed by atoms with van der Waals surface area (Å²) in [6.45, 7) is 0.711. The van der Waals surface area contributed by atoms with E-state index >= 15 is 0 Å². The van der Waals surface area contributed by atoms with E-state index in [9.17, 15) is 5.11 Å². The largest absolute Gasteiger partial charge is 0.508 e. The molecule has 6 nitrogen and oxygen atoms in total. The fraction of sp³-hybridized carbons (Fsp3) is 0.100. The number of phenolic OH excluding ortho intramolecular Hbond substituents is 1. The lowest BCUT2D eigenvalue weighted by Crippen LogP contribution is -2.05. The van der Waals surface area contributed by atoms with Crippen LogP contribution in [-0.4, -0.2) is 26.7 Å². The van der Waals surface area contributed by atoms with E-state index in [1.807, 2.05) is 37.4 Å². The van der Waals surface area contributed by atoms with Gasteiger partial charge in [-0.3, -0.25) is 0 Å². The van der Waals surface area contributed by atoms with Gasteiger partial charge in [-0.15, -0.1) is 0 Å². The van der Waals surface area contributed by atoms with Crippen LogP contribution in [0.3, 0.4) is 0 Å². The molecule has 3 N–H and O–H groups in total. The van der Waals surface area contributed by atoms with Crippen LogP contribution in [0, 0.1) is 0 Å². The zero-order valence-corrected chi connectivity index (χ0v) is 14.3. The summed E-state index contributed by atoms with van der Waals surface area (Å²) in [7, 11) is 1.86. The van der Waals surface area contributed by atoms with E-state index in [2.05, 4.69) is 37.3 Å². The average molecular weight is 345 g/mol. The van der Waals surface area contributed by atoms with Crippen molar-refractivity contribution in [3.63, 3.8) is 0 Å². The molecule has 0 atom stereocenters. The lowest BCUT2D eigenvalue weighted by molar-refractivity contribution is 0.475. The second-order valence-corrected chi connectivity index (χ2v) is 5.99. The van der Waals surface area contributed by atoms with Crippen LogP contribution in [0.4, 0.5) is 17.5 Å². The van der Waals surface area contributed by atoms with Gasteiger partial charge in [0, 0.05) is 24.9 Å². The topological polar surface area (TPSA) is 75.0 Å². The highest BCUT2D eigenvalue weighted by Gasteiger charge is 2.12. The molecule has 0 spiro atoms. The van der Waals surface area contributed by atoms with Crippen LogP contribution in [0.15, 0.2) is 66.9 Å². The van der Waals surface area contributed by atoms with Crippen molar-refractivity contribution in [2.24, 2.45) is 0 Å². The molecule has 26 heavy (non-hydrogen) atoms. The van der Waals surface area contributed by atoms with Gasteiger partial charge in [0.25, 0.3) is 0 Å². The summed E-state index contributed by atoms with van der Waals surface area (Å²) >= 11 is 0. The number of hydrogen-bond donors (Lipinski definition) is 3. The van der Waals surface area contributed by atoms with E-state index in [1.165, 1.54) is 5.56 Å². The van der Waals surface area contributed by atoms with Gasteiger partial charge >= 0.3 is 0 Å². The number of benzene rings is 2. The van der Waals surface area contributed by atoms with Gasteiger partial charge in [0.2, 0.25) is 5.95 Å². The zero-order valence-electron chi connectivity index (χ0n) is 14.3. The molecule has 0 fully saturated rings. The Kier molecular flexibility index (Phi) is 4.15. The normalized spacial score (nSPS) is 10.8. The molecule has 2 aromatic heterocycles. The predicted molar refractivity (Wildman–Crippen MR) is 104 cm³/mol. The van der Waals surface area contributed by atoms with E-state index in [0.29, 0.717) is 12.4 Å². The Hall–Kier alpha value is -3.54. The Balaban J connectivity index is 1.73. The SMILES string of the molecule is CNc1nc2cnc(Nc3cccc(O)c3)cc2n1Cc1ccccc1. The maximum Gasteiger partial charge on any atom is 0.203 e. The van der Waals surface area contributed by atoms with E-state index < -0.39 is 0 Å². The van der Waals surface area contributed by atoms with Crippen LogP contribution in [-0.2, 0) is 6.54 Å². The summed E-state index contributed by atoms with van der Waals surface area (Å²) < 4.78 is 2.12. The zero-order chi connectivity index (χ0) is 17.9. The van der Waals surface area contributed by atoms with Gasteiger partial charge in [-0.05, 0) is 17.7 Å². The van der Waals surface area contributed by atoms with Gasteiger partial charge in [0.1, 0.15) is 17.1 Å². The first-order valence-corrected chi connectivity index (χ1v) is 8.37. The van der Waals surface area contributed by atoms with Gasteiger partial charge in [0.15, 0.2) is 0 Å². The number of phenols is 1. The van der Waals surface area contributed by atoms with Gasteiger partial charge in [-0.1, -0.05) is 36.4 Å². The lowest BCUT2D eigenvalue weighted by Gasteiger charge is -2.10. The number of imidazole rings is 1. The third kappa shape index (κ3) is 3.17. The number of rotatable bonds is 5. The van der Waals surface area contributed by atoms with Crippen molar-refractivity contribution >= 4 is 28.5 Å². The lowest BCUT2D eigenvalue weighted by atomic mass is 10.2. The Morgan fingerprint density at radius 1 is 1.04 bits per heavy atom. The van der Waals surface area contributed by atoms with Crippen LogP contribution in [0.1, 0.15) is 5.56 Å². The molecule has 4 aromatic rings. The van der Waals surface area contributed by atoms with Crippen molar-refractivity contribution in [3.05, 3.63) is 72.4 Å². The highest BCUT2D eigenvalue weighted by atomic mass is 16.3. The standard InChI is InChI=1S/C20H19N5O/c1-21-20-24-17-12-22-19(23-15-8-5-9-16(26)10-15)11-18(17)25(20)13-14-6-3-2-4-7-14/h2-12,26H,13H2,1H3,(H,21,24)(H,22,23). The summed E-state index contributed by atoms with van der Waals surface area (Å²) in [4.78, 5) is 9.04. The summed E-state index contributed by atoms with van der Waals surface area (Å²) in [6, 6.07) is 19.2. The third-order valence-electron chi connectivity index (χ3n) is 4.16. The van der Waals surface area contributed by atoms with E-state index in [0.717, 1.165) is 22.7 Å². The molecule has 130 valence electrons. The molecule has 2 aromatic carbocycles. The number of hydrogen-bond acceptors (Lipinski definition) is 5. The van der Waals surface area contributed by atoms with Crippen LogP contribution in [0.25, 0.3) is 11.0 Å². The Morgan fingerprint density at radius 3 is 2.65 bits per heavy atom. The van der Waals surface area contributed by atoms with E-state index in [4.69, 9.17) is 0 Å². The Labute approximate surface area is 151 Å². The summed E-state index contributed by atoms with van der Waals surface area (Å²) in [6.07, 6.45) is 1.75. The second kappa shape index (κ2) is 6.76. The van der Waals surface area contributed by atoms with Crippen LogP contribution < -0.4 is 10.6 Å². The second-order valence-electron chi connectivity index (χ2n) is 5.99. The van der Waals surface area contributed by atoms with Crippen LogP contribution >= 0.6 is 0 Å². The maximum absolute atomic E-state index is 9.62. The fourth-order valence-electron chi connectivity index (χ4n) is 2.95. The van der Waals surface area contributed by atoms with Crippen molar-refractivity contribution in [2.45, 2.75) is 6.54 Å². The molecule has 0 amide bonds. The minimum atomic E-state index is 0.211. The quantitative estimate of drug-likeness (QED) is 0.510. The number of nitrogens with one attached hydrogen (secondary N) is 2. The minimum Gasteiger partial charge on any atom is -0.508 e. The maximum atomic E-state index is 9.62. The van der Waals surface area contributed by atoms with E-state index in [1.54, 1.807) is 24.4 Å². The highest BCUT2D eigenvalue weighted by Crippen LogP contribution is 2.25. The molecule has 0 aliphatic rings. The Bertz CT molecular complexity index is 1040. The van der Waals surface area contributed by atoms with Crippen molar-refractivity contribution in [2.75, 3.05) is 17.7 Å². The minimum absolute atomic E-state index is 0.211. The summed E-state index contributed by atoms with van der Waals surface area (Å²) in [5.41, 5.74) is 3.78. The van der Waals surface area contributed by atoms with Gasteiger partial charge in [-0.2, -0.15) is 0 Å². The third-order valence-corrected chi connectivity index (χ3v) is 4.16. The number of aromatic hydroxyl groups is 1. The summed E-state index contributed by atoms with van der Waals surface area (Å²) in [5.74, 6) is 1.70. The van der Waals surface area contributed by atoms with Gasteiger partial charge < -0.3 is 20.3 Å². The molecule has 6 heteroatoms. The molecule has 0 saturated carbocycles. The number of pyridine rings is 1. The molecule has 0 unspecified atom stereocenters.